The molecule has 0 saturated carbocycles. The minimum atomic E-state index is -0.566. The van der Waals surface area contributed by atoms with E-state index in [0.717, 1.165) is 20.1 Å². The van der Waals surface area contributed by atoms with Crippen LogP contribution in [0.1, 0.15) is 24.1 Å². The van der Waals surface area contributed by atoms with E-state index in [0.29, 0.717) is 13.0 Å². The predicted octanol–water partition coefficient (Wildman–Crippen LogP) is 4.74. The van der Waals surface area contributed by atoms with E-state index in [4.69, 9.17) is 0 Å². The highest BCUT2D eigenvalue weighted by Gasteiger charge is 2.41. The molecule has 4 nitrogen and oxygen atoms in total. The standard InChI is InChI=1S/C20H17Br2NO3/c1-12(24)17-18(14-4-8-16(22)9-5-14)23(20(26)19(17)25)11-10-13-2-6-15(21)7-3-13/h2-9,18,25H,10-11H2,1H3. The average molecular weight is 479 g/mol. The number of Topliss-reactive ketones (excluding diaryl/α,β-unsaturated/α-hetero) is 1. The van der Waals surface area contributed by atoms with E-state index in [-0.39, 0.29) is 11.4 Å². The first kappa shape index (κ1) is 18.9. The Morgan fingerprint density at radius 3 is 2.12 bits per heavy atom. The third kappa shape index (κ3) is 3.76. The Kier molecular flexibility index (Phi) is 5.63. The van der Waals surface area contributed by atoms with Crippen molar-refractivity contribution in [3.05, 3.63) is 79.9 Å². The fourth-order valence-electron chi connectivity index (χ4n) is 3.14. The number of ketones is 1. The molecule has 0 fully saturated rings. The van der Waals surface area contributed by atoms with Crippen LogP contribution in [0.25, 0.3) is 0 Å². The Morgan fingerprint density at radius 2 is 1.58 bits per heavy atom. The van der Waals surface area contributed by atoms with Crippen molar-refractivity contribution in [3.63, 3.8) is 0 Å². The van der Waals surface area contributed by atoms with Crippen LogP contribution in [0.15, 0.2) is 68.8 Å². The number of aliphatic hydroxyl groups is 1. The fourth-order valence-corrected chi connectivity index (χ4v) is 3.66. The number of rotatable bonds is 5. The van der Waals surface area contributed by atoms with Gasteiger partial charge in [-0.1, -0.05) is 56.1 Å². The molecule has 3 rings (SSSR count). The van der Waals surface area contributed by atoms with Crippen LogP contribution in [0.4, 0.5) is 0 Å². The van der Waals surface area contributed by atoms with E-state index < -0.39 is 17.7 Å². The van der Waals surface area contributed by atoms with Crippen LogP contribution in [-0.2, 0) is 16.0 Å². The quantitative estimate of drug-likeness (QED) is 0.675. The zero-order valence-corrected chi connectivity index (χ0v) is 17.2. The van der Waals surface area contributed by atoms with Gasteiger partial charge >= 0.3 is 0 Å². The molecule has 26 heavy (non-hydrogen) atoms. The molecular weight excluding hydrogens is 462 g/mol. The molecule has 134 valence electrons. The lowest BCUT2D eigenvalue weighted by molar-refractivity contribution is -0.129. The summed E-state index contributed by atoms with van der Waals surface area (Å²) in [4.78, 5) is 26.3. The Bertz CT molecular complexity index is 873. The van der Waals surface area contributed by atoms with E-state index in [1.54, 1.807) is 4.90 Å². The van der Waals surface area contributed by atoms with Gasteiger partial charge in [0.1, 0.15) is 0 Å². The number of benzene rings is 2. The molecule has 1 aliphatic rings. The van der Waals surface area contributed by atoms with Gasteiger partial charge in [-0.2, -0.15) is 0 Å². The van der Waals surface area contributed by atoms with Crippen LogP contribution in [-0.4, -0.2) is 28.2 Å². The van der Waals surface area contributed by atoms with Gasteiger partial charge in [-0.15, -0.1) is 0 Å². The summed E-state index contributed by atoms with van der Waals surface area (Å²) in [6.07, 6.45) is 0.629. The highest BCUT2D eigenvalue weighted by atomic mass is 79.9. The van der Waals surface area contributed by atoms with Crippen molar-refractivity contribution >= 4 is 43.6 Å². The summed E-state index contributed by atoms with van der Waals surface area (Å²) in [7, 11) is 0. The molecule has 0 bridgehead atoms. The number of aliphatic hydroxyl groups excluding tert-OH is 1. The van der Waals surface area contributed by atoms with Gasteiger partial charge in [0.15, 0.2) is 11.5 Å². The summed E-state index contributed by atoms with van der Waals surface area (Å²) < 4.78 is 1.90. The highest BCUT2D eigenvalue weighted by molar-refractivity contribution is 9.10. The van der Waals surface area contributed by atoms with Gasteiger partial charge in [0.2, 0.25) is 0 Å². The first-order valence-corrected chi connectivity index (χ1v) is 9.72. The van der Waals surface area contributed by atoms with Crippen molar-refractivity contribution in [2.24, 2.45) is 0 Å². The van der Waals surface area contributed by atoms with Gasteiger partial charge in [0, 0.05) is 15.5 Å². The van der Waals surface area contributed by atoms with Crippen molar-refractivity contribution in [1.29, 1.82) is 0 Å². The number of hydrogen-bond acceptors (Lipinski definition) is 3. The van der Waals surface area contributed by atoms with Crippen molar-refractivity contribution in [3.8, 4) is 0 Å². The normalized spacial score (nSPS) is 17.1. The second-order valence-corrected chi connectivity index (χ2v) is 7.98. The van der Waals surface area contributed by atoms with E-state index in [9.17, 15) is 14.7 Å². The lowest BCUT2D eigenvalue weighted by atomic mass is 9.96. The van der Waals surface area contributed by atoms with Gasteiger partial charge in [0.05, 0.1) is 11.6 Å². The maximum absolute atomic E-state index is 12.6. The number of nitrogens with zero attached hydrogens (tertiary/aromatic N) is 1. The molecule has 1 N–H and O–H groups in total. The summed E-state index contributed by atoms with van der Waals surface area (Å²) in [5.41, 5.74) is 2.03. The van der Waals surface area contributed by atoms with Gasteiger partial charge in [-0.25, -0.2) is 0 Å². The largest absolute Gasteiger partial charge is 0.503 e. The Morgan fingerprint density at radius 1 is 1.04 bits per heavy atom. The van der Waals surface area contributed by atoms with Gasteiger partial charge in [-0.05, 0) is 48.7 Å². The Hall–Kier alpha value is -1.92. The minimum absolute atomic E-state index is 0.160. The molecule has 2 aromatic carbocycles. The van der Waals surface area contributed by atoms with Gasteiger partial charge in [0.25, 0.3) is 5.91 Å². The topological polar surface area (TPSA) is 57.6 Å². The lowest BCUT2D eigenvalue weighted by Gasteiger charge is -2.26. The summed E-state index contributed by atoms with van der Waals surface area (Å²) in [6.45, 7) is 1.78. The molecule has 1 unspecified atom stereocenters. The molecule has 1 amide bonds. The SMILES string of the molecule is CC(=O)C1=C(O)C(=O)N(CCc2ccc(Br)cc2)C1c1ccc(Br)cc1. The first-order chi connectivity index (χ1) is 12.4. The summed E-state index contributed by atoms with van der Waals surface area (Å²) in [5, 5.41) is 10.3. The number of carbonyl (C=O) groups is 2. The third-order valence-corrected chi connectivity index (χ3v) is 5.48. The molecule has 0 radical (unpaired) electrons. The molecule has 0 aromatic heterocycles. The first-order valence-electron chi connectivity index (χ1n) is 8.13. The molecule has 1 atom stereocenters. The number of amides is 1. The summed E-state index contributed by atoms with van der Waals surface area (Å²) in [6, 6.07) is 14.7. The maximum Gasteiger partial charge on any atom is 0.290 e. The second-order valence-electron chi connectivity index (χ2n) is 6.15. The van der Waals surface area contributed by atoms with Crippen molar-refractivity contribution in [1.82, 2.24) is 4.90 Å². The zero-order valence-electron chi connectivity index (χ0n) is 14.1. The van der Waals surface area contributed by atoms with Crippen LogP contribution in [0.5, 0.6) is 0 Å². The average Bonchev–Trinajstić information content (AvgIpc) is 2.86. The Balaban J connectivity index is 1.91. The molecule has 0 aliphatic carbocycles. The van der Waals surface area contributed by atoms with Gasteiger partial charge in [-0.3, -0.25) is 9.59 Å². The number of carbonyl (C=O) groups excluding carboxylic acids is 2. The van der Waals surface area contributed by atoms with Gasteiger partial charge < -0.3 is 10.0 Å². The molecule has 2 aromatic rings. The molecule has 0 spiro atoms. The van der Waals surface area contributed by atoms with Crippen LogP contribution in [0, 0.1) is 0 Å². The van der Waals surface area contributed by atoms with E-state index >= 15 is 0 Å². The minimum Gasteiger partial charge on any atom is -0.503 e. The molecular formula is C20H17Br2NO3. The van der Waals surface area contributed by atoms with E-state index in [1.165, 1.54) is 6.92 Å². The van der Waals surface area contributed by atoms with Crippen LogP contribution in [0.2, 0.25) is 0 Å². The lowest BCUT2D eigenvalue weighted by Crippen LogP contribution is -2.32. The third-order valence-electron chi connectivity index (χ3n) is 4.42. The van der Waals surface area contributed by atoms with E-state index in [2.05, 4.69) is 31.9 Å². The van der Waals surface area contributed by atoms with Crippen molar-refractivity contribution in [2.45, 2.75) is 19.4 Å². The highest BCUT2D eigenvalue weighted by Crippen LogP contribution is 2.38. The monoisotopic (exact) mass is 477 g/mol. The van der Waals surface area contributed by atoms with Crippen LogP contribution < -0.4 is 0 Å². The Labute approximate surface area is 168 Å². The molecule has 1 aliphatic heterocycles. The van der Waals surface area contributed by atoms with Crippen LogP contribution >= 0.6 is 31.9 Å². The van der Waals surface area contributed by atoms with Crippen LogP contribution in [0.3, 0.4) is 0 Å². The zero-order chi connectivity index (χ0) is 18.8. The number of halogens is 2. The molecule has 1 heterocycles. The molecule has 0 saturated heterocycles. The fraction of sp³-hybridized carbons (Fsp3) is 0.200. The van der Waals surface area contributed by atoms with Crippen molar-refractivity contribution < 1.29 is 14.7 Å². The smallest absolute Gasteiger partial charge is 0.290 e. The van der Waals surface area contributed by atoms with Crippen molar-refractivity contribution in [2.75, 3.05) is 6.54 Å². The maximum atomic E-state index is 12.6. The summed E-state index contributed by atoms with van der Waals surface area (Å²) in [5.74, 6) is -1.24. The predicted molar refractivity (Wildman–Crippen MR) is 107 cm³/mol. The molecule has 6 heteroatoms. The second kappa shape index (κ2) is 7.76. The van der Waals surface area contributed by atoms with E-state index in [1.807, 2.05) is 48.5 Å². The summed E-state index contributed by atoms with van der Waals surface area (Å²) >= 11 is 6.80. The number of hydrogen-bond donors (Lipinski definition) is 1.